The molecular formula is C36H39Cl2N3O4S. The second-order valence-electron chi connectivity index (χ2n) is 11.8. The highest BCUT2D eigenvalue weighted by molar-refractivity contribution is 7.92. The molecule has 0 spiro atoms. The van der Waals surface area contributed by atoms with Gasteiger partial charge < -0.3 is 10.2 Å². The topological polar surface area (TPSA) is 86.8 Å². The summed E-state index contributed by atoms with van der Waals surface area (Å²) in [6.07, 6.45) is 0.205. The summed E-state index contributed by atoms with van der Waals surface area (Å²) in [7, 11) is -4.18. The summed E-state index contributed by atoms with van der Waals surface area (Å²) in [5.74, 6) is -0.741. The van der Waals surface area contributed by atoms with E-state index in [1.165, 1.54) is 17.0 Å². The van der Waals surface area contributed by atoms with Crippen molar-refractivity contribution in [3.63, 3.8) is 0 Å². The van der Waals surface area contributed by atoms with Gasteiger partial charge >= 0.3 is 0 Å². The van der Waals surface area contributed by atoms with Gasteiger partial charge in [0, 0.05) is 29.6 Å². The first-order valence-electron chi connectivity index (χ1n) is 15.1. The van der Waals surface area contributed by atoms with Crippen LogP contribution in [0.2, 0.25) is 10.0 Å². The number of nitrogens with zero attached hydrogens (tertiary/aromatic N) is 2. The van der Waals surface area contributed by atoms with Crippen LogP contribution in [0.15, 0.2) is 102 Å². The van der Waals surface area contributed by atoms with Gasteiger partial charge in [0.05, 0.1) is 10.6 Å². The molecule has 0 aromatic heterocycles. The third-order valence-electron chi connectivity index (χ3n) is 7.52. The molecule has 1 atom stereocenters. The number of sulfonamides is 1. The molecule has 7 nitrogen and oxygen atoms in total. The first kappa shape index (κ1) is 35.0. The quantitative estimate of drug-likeness (QED) is 0.162. The van der Waals surface area contributed by atoms with Crippen LogP contribution in [0.25, 0.3) is 0 Å². The fourth-order valence-electron chi connectivity index (χ4n) is 4.89. The summed E-state index contributed by atoms with van der Waals surface area (Å²) in [5, 5.41) is 3.74. The first-order chi connectivity index (χ1) is 21.8. The van der Waals surface area contributed by atoms with Gasteiger partial charge in [-0.25, -0.2) is 8.42 Å². The van der Waals surface area contributed by atoms with Crippen molar-refractivity contribution in [2.24, 2.45) is 5.92 Å². The molecule has 0 bridgehead atoms. The van der Waals surface area contributed by atoms with Crippen molar-refractivity contribution in [3.8, 4) is 0 Å². The van der Waals surface area contributed by atoms with E-state index >= 15 is 0 Å². The molecule has 46 heavy (non-hydrogen) atoms. The van der Waals surface area contributed by atoms with Crippen LogP contribution in [0, 0.1) is 19.8 Å². The Kier molecular flexibility index (Phi) is 11.9. The predicted octanol–water partition coefficient (Wildman–Crippen LogP) is 7.22. The Morgan fingerprint density at radius 3 is 2.02 bits per heavy atom. The van der Waals surface area contributed by atoms with Crippen molar-refractivity contribution in [1.29, 1.82) is 0 Å². The van der Waals surface area contributed by atoms with Crippen LogP contribution < -0.4 is 9.62 Å². The molecule has 0 radical (unpaired) electrons. The molecule has 4 rings (SSSR count). The summed E-state index contributed by atoms with van der Waals surface area (Å²) >= 11 is 12.7. The van der Waals surface area contributed by atoms with Gasteiger partial charge in [0.25, 0.3) is 10.0 Å². The number of anilines is 1. The van der Waals surface area contributed by atoms with Crippen molar-refractivity contribution in [1.82, 2.24) is 10.2 Å². The average Bonchev–Trinajstić information content (AvgIpc) is 3.02. The van der Waals surface area contributed by atoms with Gasteiger partial charge in [-0.2, -0.15) is 0 Å². The van der Waals surface area contributed by atoms with Gasteiger partial charge in [0.2, 0.25) is 11.8 Å². The molecule has 2 amide bonds. The minimum absolute atomic E-state index is 0.0479. The van der Waals surface area contributed by atoms with Gasteiger partial charge in [-0.15, -0.1) is 0 Å². The molecule has 0 heterocycles. The van der Waals surface area contributed by atoms with E-state index in [9.17, 15) is 18.0 Å². The zero-order chi connectivity index (χ0) is 33.4. The molecule has 242 valence electrons. The predicted molar refractivity (Wildman–Crippen MR) is 186 cm³/mol. The van der Waals surface area contributed by atoms with Crippen LogP contribution in [0.5, 0.6) is 0 Å². The van der Waals surface area contributed by atoms with E-state index in [-0.39, 0.29) is 29.7 Å². The molecule has 10 heteroatoms. The van der Waals surface area contributed by atoms with E-state index in [0.29, 0.717) is 27.8 Å². The maximum absolute atomic E-state index is 14.6. The van der Waals surface area contributed by atoms with E-state index in [2.05, 4.69) is 5.32 Å². The zero-order valence-electron chi connectivity index (χ0n) is 26.4. The molecule has 4 aromatic rings. The molecule has 0 saturated carbocycles. The van der Waals surface area contributed by atoms with Gasteiger partial charge in [-0.3, -0.25) is 13.9 Å². The Balaban J connectivity index is 1.81. The number of hydrogen-bond donors (Lipinski definition) is 1. The summed E-state index contributed by atoms with van der Waals surface area (Å²) in [6, 6.07) is 26.8. The summed E-state index contributed by atoms with van der Waals surface area (Å²) in [4.78, 5) is 29.9. The lowest BCUT2D eigenvalue weighted by Gasteiger charge is -2.34. The van der Waals surface area contributed by atoms with Crippen molar-refractivity contribution in [3.05, 3.63) is 129 Å². The fourth-order valence-corrected chi connectivity index (χ4v) is 6.77. The Morgan fingerprint density at radius 1 is 0.826 bits per heavy atom. The van der Waals surface area contributed by atoms with Crippen LogP contribution in [0.1, 0.15) is 36.1 Å². The smallest absolute Gasteiger partial charge is 0.264 e. The Bertz CT molecular complexity index is 1750. The van der Waals surface area contributed by atoms with Crippen molar-refractivity contribution in [2.75, 3.05) is 17.4 Å². The maximum atomic E-state index is 14.6. The highest BCUT2D eigenvalue weighted by Gasteiger charge is 2.35. The highest BCUT2D eigenvalue weighted by Crippen LogP contribution is 2.27. The lowest BCUT2D eigenvalue weighted by Crippen LogP contribution is -2.53. The number of nitrogens with one attached hydrogen (secondary N) is 1. The largest absolute Gasteiger partial charge is 0.354 e. The molecule has 0 aliphatic carbocycles. The summed E-state index contributed by atoms with van der Waals surface area (Å²) in [6.45, 7) is 7.55. The molecule has 0 fully saturated rings. The number of amides is 2. The molecule has 0 aliphatic rings. The van der Waals surface area contributed by atoms with Gasteiger partial charge in [0.15, 0.2) is 0 Å². The van der Waals surface area contributed by atoms with Crippen LogP contribution in [0.3, 0.4) is 0 Å². The minimum Gasteiger partial charge on any atom is -0.354 e. The SMILES string of the molecule is Cc1ccc(N(CC(=O)N(Cc2ccc(Cl)cc2Cl)[C@H](Cc2ccccc2)C(=O)NCC(C)C)S(=O)(=O)c2ccc(C)cc2)cc1. The number of rotatable bonds is 13. The number of carbonyl (C=O) groups is 2. The number of carbonyl (C=O) groups excluding carboxylic acids is 2. The van der Waals surface area contributed by atoms with Gasteiger partial charge in [0.1, 0.15) is 12.6 Å². The Morgan fingerprint density at radius 2 is 1.43 bits per heavy atom. The number of halogens is 2. The van der Waals surface area contributed by atoms with E-state index in [1.807, 2.05) is 58.0 Å². The third-order valence-corrected chi connectivity index (χ3v) is 9.90. The second-order valence-corrected chi connectivity index (χ2v) is 14.5. The standard InChI is InChI=1S/C36H39Cl2N3O4S/c1-25(2)22-39-36(43)34(20-28-8-6-5-7-9-28)40(23-29-14-15-30(37)21-33(29)38)35(42)24-41(31-16-10-26(3)11-17-31)46(44,45)32-18-12-27(4)13-19-32/h5-19,21,25,34H,20,22-24H2,1-4H3,(H,39,43)/t34-/m1/s1. The average molecular weight is 681 g/mol. The highest BCUT2D eigenvalue weighted by atomic mass is 35.5. The van der Waals surface area contributed by atoms with E-state index in [0.717, 1.165) is 21.0 Å². The molecule has 0 saturated heterocycles. The summed E-state index contributed by atoms with van der Waals surface area (Å²) in [5.41, 5.74) is 3.57. The second kappa shape index (κ2) is 15.6. The minimum atomic E-state index is -4.18. The van der Waals surface area contributed by atoms with Crippen LogP contribution >= 0.6 is 23.2 Å². The molecule has 1 N–H and O–H groups in total. The van der Waals surface area contributed by atoms with E-state index in [4.69, 9.17) is 23.2 Å². The molecule has 0 unspecified atom stereocenters. The van der Waals surface area contributed by atoms with Crippen LogP contribution in [-0.4, -0.2) is 44.3 Å². The number of aryl methyl sites for hydroxylation is 2. The zero-order valence-corrected chi connectivity index (χ0v) is 28.7. The lowest BCUT2D eigenvalue weighted by molar-refractivity contribution is -0.140. The first-order valence-corrected chi connectivity index (χ1v) is 17.3. The normalized spacial score (nSPS) is 12.1. The van der Waals surface area contributed by atoms with Crippen LogP contribution in [0.4, 0.5) is 5.69 Å². The van der Waals surface area contributed by atoms with E-state index in [1.54, 1.807) is 54.6 Å². The van der Waals surface area contributed by atoms with E-state index < -0.39 is 28.5 Å². The third kappa shape index (κ3) is 9.12. The van der Waals surface area contributed by atoms with Crippen molar-refractivity contribution >= 4 is 50.7 Å². The lowest BCUT2D eigenvalue weighted by atomic mass is 10.0. The maximum Gasteiger partial charge on any atom is 0.264 e. The Hall–Kier alpha value is -3.85. The van der Waals surface area contributed by atoms with Gasteiger partial charge in [-0.1, -0.05) is 109 Å². The monoisotopic (exact) mass is 679 g/mol. The van der Waals surface area contributed by atoms with Crippen LogP contribution in [-0.2, 0) is 32.6 Å². The summed E-state index contributed by atoms with van der Waals surface area (Å²) < 4.78 is 29.4. The van der Waals surface area contributed by atoms with Gasteiger partial charge in [-0.05, 0) is 67.3 Å². The van der Waals surface area contributed by atoms with Crippen molar-refractivity contribution in [2.45, 2.75) is 51.6 Å². The molecule has 0 aliphatic heterocycles. The van der Waals surface area contributed by atoms with Crippen molar-refractivity contribution < 1.29 is 18.0 Å². The fraction of sp³-hybridized carbons (Fsp3) is 0.278. The Labute approximate surface area is 282 Å². The number of hydrogen-bond acceptors (Lipinski definition) is 4. The number of benzene rings is 4. The molecule has 4 aromatic carbocycles. The molecular weight excluding hydrogens is 641 g/mol.